The van der Waals surface area contributed by atoms with Crippen LogP contribution in [-0.2, 0) is 11.3 Å². The highest BCUT2D eigenvalue weighted by Crippen LogP contribution is 2.07. The van der Waals surface area contributed by atoms with E-state index in [2.05, 4.69) is 12.2 Å². The van der Waals surface area contributed by atoms with Gasteiger partial charge in [0.05, 0.1) is 0 Å². The normalized spacial score (nSPS) is 10.5. The average molecular weight is 320 g/mol. The zero-order valence-corrected chi connectivity index (χ0v) is 14.2. The monoisotopic (exact) mass is 320 g/mol. The van der Waals surface area contributed by atoms with E-state index in [9.17, 15) is 9.59 Å². The second-order valence-electron chi connectivity index (χ2n) is 5.95. The number of primary amides is 1. The first kappa shape index (κ1) is 19.1. The van der Waals surface area contributed by atoms with Crippen LogP contribution in [0.4, 0.5) is 0 Å². The molecule has 0 aliphatic carbocycles. The first-order valence-corrected chi connectivity index (χ1v) is 8.69. The number of aromatic nitrogens is 1. The smallest absolute Gasteiger partial charge is 0.285 e. The molecule has 1 aromatic heterocycles. The van der Waals surface area contributed by atoms with Crippen molar-refractivity contribution in [2.75, 3.05) is 6.54 Å². The van der Waals surface area contributed by atoms with E-state index >= 15 is 0 Å². The van der Waals surface area contributed by atoms with Crippen LogP contribution in [-0.4, -0.2) is 18.4 Å². The molecule has 0 aliphatic rings. The molecular weight excluding hydrogens is 290 g/mol. The molecule has 3 N–H and O–H groups in total. The van der Waals surface area contributed by atoms with Gasteiger partial charge in [-0.3, -0.25) is 9.59 Å². The number of nitrogens with zero attached hydrogens (tertiary/aromatic N) is 1. The molecule has 0 bridgehead atoms. The Morgan fingerprint density at radius 3 is 2.39 bits per heavy atom. The quantitative estimate of drug-likeness (QED) is 0.458. The van der Waals surface area contributed by atoms with Gasteiger partial charge in [0.2, 0.25) is 6.54 Å². The lowest BCUT2D eigenvalue weighted by Gasteiger charge is -2.04. The number of rotatable bonds is 12. The van der Waals surface area contributed by atoms with Crippen LogP contribution in [0.25, 0.3) is 0 Å². The van der Waals surface area contributed by atoms with Crippen molar-refractivity contribution in [3.05, 3.63) is 30.1 Å². The number of nitrogens with two attached hydrogens (primary N) is 1. The van der Waals surface area contributed by atoms with Gasteiger partial charge in [0.25, 0.3) is 11.8 Å². The van der Waals surface area contributed by atoms with Gasteiger partial charge in [0.1, 0.15) is 5.56 Å². The third-order valence-corrected chi connectivity index (χ3v) is 3.82. The van der Waals surface area contributed by atoms with Crippen LogP contribution in [0.3, 0.4) is 0 Å². The van der Waals surface area contributed by atoms with Crippen LogP contribution in [0, 0.1) is 0 Å². The standard InChI is InChI=1S/C18H29N3O2/c1-2-3-4-5-6-7-8-9-12-20-17(22)15-21-13-10-11-16(14-21)18(19)23/h10-11,13-14H,2-9,12,15H2,1H3,(H2-,19,20,22,23)/p+1. The minimum Gasteiger partial charge on any atom is -0.365 e. The molecule has 5 heteroatoms. The maximum Gasteiger partial charge on any atom is 0.285 e. The van der Waals surface area contributed by atoms with Gasteiger partial charge in [-0.2, -0.15) is 4.57 Å². The van der Waals surface area contributed by atoms with E-state index < -0.39 is 5.91 Å². The number of hydrogen-bond acceptors (Lipinski definition) is 2. The van der Waals surface area contributed by atoms with Gasteiger partial charge in [-0.1, -0.05) is 51.9 Å². The van der Waals surface area contributed by atoms with Crippen molar-refractivity contribution in [3.8, 4) is 0 Å². The zero-order chi connectivity index (χ0) is 16.9. The fraction of sp³-hybridized carbons (Fsp3) is 0.611. The predicted molar refractivity (Wildman–Crippen MR) is 90.8 cm³/mol. The van der Waals surface area contributed by atoms with Crippen LogP contribution in [0.2, 0.25) is 0 Å². The van der Waals surface area contributed by atoms with Crippen LogP contribution >= 0.6 is 0 Å². The molecule has 0 aromatic carbocycles. The molecule has 0 fully saturated rings. The number of carbonyl (C=O) groups excluding carboxylic acids is 2. The molecule has 0 atom stereocenters. The Morgan fingerprint density at radius 1 is 1.09 bits per heavy atom. The molecule has 0 saturated heterocycles. The second-order valence-corrected chi connectivity index (χ2v) is 5.95. The highest BCUT2D eigenvalue weighted by molar-refractivity contribution is 5.92. The molecule has 5 nitrogen and oxygen atoms in total. The van der Waals surface area contributed by atoms with Crippen molar-refractivity contribution in [1.82, 2.24) is 5.32 Å². The van der Waals surface area contributed by atoms with E-state index in [0.29, 0.717) is 12.1 Å². The topological polar surface area (TPSA) is 76.1 Å². The van der Waals surface area contributed by atoms with Gasteiger partial charge >= 0.3 is 0 Å². The molecule has 1 rings (SSSR count). The van der Waals surface area contributed by atoms with E-state index in [4.69, 9.17) is 5.73 Å². The van der Waals surface area contributed by atoms with Crippen LogP contribution in [0.1, 0.15) is 68.6 Å². The van der Waals surface area contributed by atoms with Crippen molar-refractivity contribution < 1.29 is 14.2 Å². The Bertz CT molecular complexity index is 489. The summed E-state index contributed by atoms with van der Waals surface area (Å²) in [6.45, 7) is 3.15. The first-order chi connectivity index (χ1) is 11.1. The summed E-state index contributed by atoms with van der Waals surface area (Å²) in [5, 5.41) is 2.92. The highest BCUT2D eigenvalue weighted by atomic mass is 16.2. The molecule has 1 aromatic rings. The molecule has 1 heterocycles. The molecule has 23 heavy (non-hydrogen) atoms. The van der Waals surface area contributed by atoms with Crippen molar-refractivity contribution in [3.63, 3.8) is 0 Å². The zero-order valence-electron chi connectivity index (χ0n) is 14.2. The molecular formula is C18H30N3O2+. The number of unbranched alkanes of at least 4 members (excludes halogenated alkanes) is 7. The SMILES string of the molecule is CCCCCCCCCCNC(=O)C[n+]1cccc(C(N)=O)c1. The van der Waals surface area contributed by atoms with Crippen LogP contribution < -0.4 is 15.6 Å². The second kappa shape index (κ2) is 11.6. The fourth-order valence-electron chi connectivity index (χ4n) is 2.47. The molecule has 0 unspecified atom stereocenters. The summed E-state index contributed by atoms with van der Waals surface area (Å²) in [7, 11) is 0. The summed E-state index contributed by atoms with van der Waals surface area (Å²) in [5.74, 6) is -0.529. The fourth-order valence-corrected chi connectivity index (χ4v) is 2.47. The molecule has 2 amide bonds. The number of pyridine rings is 1. The molecule has 0 saturated carbocycles. The molecule has 128 valence electrons. The maximum absolute atomic E-state index is 11.9. The Balaban J connectivity index is 2.11. The lowest BCUT2D eigenvalue weighted by Crippen LogP contribution is -2.43. The Morgan fingerprint density at radius 2 is 1.74 bits per heavy atom. The van der Waals surface area contributed by atoms with Crippen molar-refractivity contribution >= 4 is 11.8 Å². The molecule has 0 spiro atoms. The Hall–Kier alpha value is -1.91. The summed E-state index contributed by atoms with van der Waals surface area (Å²) in [6.07, 6.45) is 13.4. The van der Waals surface area contributed by atoms with Gasteiger partial charge in [-0.15, -0.1) is 0 Å². The summed E-state index contributed by atoms with van der Waals surface area (Å²) in [5.41, 5.74) is 5.63. The van der Waals surface area contributed by atoms with Gasteiger partial charge in [0.15, 0.2) is 12.4 Å². The van der Waals surface area contributed by atoms with Crippen molar-refractivity contribution in [2.45, 2.75) is 64.8 Å². The summed E-state index contributed by atoms with van der Waals surface area (Å²) >= 11 is 0. The van der Waals surface area contributed by atoms with Crippen molar-refractivity contribution in [2.24, 2.45) is 5.73 Å². The van der Waals surface area contributed by atoms with Crippen LogP contribution in [0.5, 0.6) is 0 Å². The first-order valence-electron chi connectivity index (χ1n) is 8.69. The number of carbonyl (C=O) groups is 2. The van der Waals surface area contributed by atoms with E-state index in [-0.39, 0.29) is 12.5 Å². The van der Waals surface area contributed by atoms with Crippen molar-refractivity contribution in [1.29, 1.82) is 0 Å². The minimum absolute atomic E-state index is 0.0421. The van der Waals surface area contributed by atoms with Crippen LogP contribution in [0.15, 0.2) is 24.5 Å². The van der Waals surface area contributed by atoms with Gasteiger partial charge in [0, 0.05) is 12.6 Å². The third kappa shape index (κ3) is 8.96. The van der Waals surface area contributed by atoms with E-state index in [1.165, 1.54) is 38.5 Å². The lowest BCUT2D eigenvalue weighted by molar-refractivity contribution is -0.684. The third-order valence-electron chi connectivity index (χ3n) is 3.82. The summed E-state index contributed by atoms with van der Waals surface area (Å²) < 4.78 is 1.67. The largest absolute Gasteiger partial charge is 0.365 e. The number of amides is 2. The number of hydrogen-bond donors (Lipinski definition) is 2. The van der Waals surface area contributed by atoms with Gasteiger partial charge < -0.3 is 11.1 Å². The van der Waals surface area contributed by atoms with Gasteiger partial charge in [-0.05, 0) is 12.5 Å². The van der Waals surface area contributed by atoms with Gasteiger partial charge in [-0.25, -0.2) is 0 Å². The Labute approximate surface area is 139 Å². The van der Waals surface area contributed by atoms with E-state index in [0.717, 1.165) is 12.8 Å². The summed E-state index contributed by atoms with van der Waals surface area (Å²) in [4.78, 5) is 23.0. The Kier molecular flexibility index (Phi) is 9.68. The number of nitrogens with one attached hydrogen (secondary N) is 1. The van der Waals surface area contributed by atoms with E-state index in [1.54, 1.807) is 29.1 Å². The average Bonchev–Trinajstić information content (AvgIpc) is 2.53. The lowest BCUT2D eigenvalue weighted by atomic mass is 10.1. The van der Waals surface area contributed by atoms with E-state index in [1.807, 2.05) is 0 Å². The highest BCUT2D eigenvalue weighted by Gasteiger charge is 2.11. The maximum atomic E-state index is 11.9. The molecule has 0 aliphatic heterocycles. The minimum atomic E-state index is -0.487. The predicted octanol–water partition coefficient (Wildman–Crippen LogP) is 2.33. The summed E-state index contributed by atoms with van der Waals surface area (Å²) in [6, 6.07) is 3.35. The molecule has 0 radical (unpaired) electrons.